The second-order valence-electron chi connectivity index (χ2n) is 2.37. The predicted octanol–water partition coefficient (Wildman–Crippen LogP) is 1.49. The lowest BCUT2D eigenvalue weighted by Crippen LogP contribution is -1.80. The maximum atomic E-state index is 3.25. The van der Waals surface area contributed by atoms with Crippen LogP contribution >= 0.6 is 0 Å². The van der Waals surface area contributed by atoms with Gasteiger partial charge in [0, 0.05) is 12.6 Å². The first kappa shape index (κ1) is 7.25. The van der Waals surface area contributed by atoms with Crippen molar-refractivity contribution in [3.63, 3.8) is 0 Å². The van der Waals surface area contributed by atoms with Crippen LogP contribution in [0.2, 0.25) is 0 Å². The molecule has 10 heavy (non-hydrogen) atoms. The monoisotopic (exact) mass is 136 g/mol. The fourth-order valence-electron chi connectivity index (χ4n) is 0.980. The van der Waals surface area contributed by atoms with Gasteiger partial charge in [-0.05, 0) is 5.56 Å². The fraction of sp³-hybridized carbons (Fsp3) is 0.250. The lowest BCUT2D eigenvalue weighted by molar-refractivity contribution is 1.08. The molecule has 0 spiro atoms. The molecule has 1 aromatic rings. The molecule has 1 aliphatic rings. The van der Waals surface area contributed by atoms with E-state index in [2.05, 4.69) is 29.6 Å². The molecule has 0 amide bonds. The summed E-state index contributed by atoms with van der Waals surface area (Å²) in [5, 5.41) is 3.25. The largest absolute Gasteiger partial charge is 0.344 e. The fourth-order valence-corrected chi connectivity index (χ4v) is 0.980. The highest BCUT2D eigenvalue weighted by Gasteiger charge is 2.20. The van der Waals surface area contributed by atoms with E-state index >= 15 is 0 Å². The third-order valence-electron chi connectivity index (χ3n) is 1.61. The van der Waals surface area contributed by atoms with E-state index < -0.39 is 0 Å². The van der Waals surface area contributed by atoms with Gasteiger partial charge in [-0.3, -0.25) is 0 Å². The molecule has 1 unspecified atom stereocenters. The molecule has 0 radical (unpaired) electrons. The summed E-state index contributed by atoms with van der Waals surface area (Å²) in [5.74, 6) is 0. The Bertz CT molecular complexity index is 192. The average molecular weight is 136 g/mol. The maximum Gasteiger partial charge on any atom is 0.0447 e. The van der Waals surface area contributed by atoms with E-state index in [1.807, 2.05) is 6.07 Å². The van der Waals surface area contributed by atoms with Gasteiger partial charge in [-0.25, -0.2) is 0 Å². The molecule has 1 aromatic carbocycles. The van der Waals surface area contributed by atoms with Crippen LogP contribution in [-0.2, 0) is 0 Å². The molecule has 0 aromatic heterocycles. The number of benzene rings is 1. The van der Waals surface area contributed by atoms with Gasteiger partial charge in [0.2, 0.25) is 0 Å². The highest BCUT2D eigenvalue weighted by molar-refractivity contribution is 5.22. The molecular formula is C8H12N2. The quantitative estimate of drug-likeness (QED) is 0.575. The Morgan fingerprint density at radius 3 is 2.30 bits per heavy atom. The molecular weight excluding hydrogens is 124 g/mol. The first-order chi connectivity index (χ1) is 4.47. The summed E-state index contributed by atoms with van der Waals surface area (Å²) in [6.45, 7) is 1.16. The van der Waals surface area contributed by atoms with Crippen molar-refractivity contribution in [2.75, 3.05) is 6.54 Å². The molecule has 1 aliphatic heterocycles. The summed E-state index contributed by atoms with van der Waals surface area (Å²) in [4.78, 5) is 0. The minimum Gasteiger partial charge on any atom is -0.344 e. The summed E-state index contributed by atoms with van der Waals surface area (Å²) >= 11 is 0. The minimum atomic E-state index is 0. The Balaban J connectivity index is 0.000000500. The Kier molecular flexibility index (Phi) is 2.04. The van der Waals surface area contributed by atoms with Gasteiger partial charge in [0.15, 0.2) is 0 Å². The van der Waals surface area contributed by atoms with Gasteiger partial charge in [0.05, 0.1) is 0 Å². The predicted molar refractivity (Wildman–Crippen MR) is 42.2 cm³/mol. The van der Waals surface area contributed by atoms with Crippen molar-refractivity contribution < 1.29 is 0 Å². The van der Waals surface area contributed by atoms with E-state index in [0.717, 1.165) is 6.54 Å². The summed E-state index contributed by atoms with van der Waals surface area (Å²) < 4.78 is 0. The van der Waals surface area contributed by atoms with E-state index in [1.165, 1.54) is 5.56 Å². The number of rotatable bonds is 1. The SMILES string of the molecule is N.c1ccc(C2CN2)cc1. The van der Waals surface area contributed by atoms with Crippen LogP contribution in [0.25, 0.3) is 0 Å². The van der Waals surface area contributed by atoms with Crippen LogP contribution in [0.5, 0.6) is 0 Å². The van der Waals surface area contributed by atoms with E-state index in [-0.39, 0.29) is 6.15 Å². The van der Waals surface area contributed by atoms with Crippen LogP contribution in [0.3, 0.4) is 0 Å². The van der Waals surface area contributed by atoms with Crippen molar-refractivity contribution in [2.45, 2.75) is 6.04 Å². The maximum absolute atomic E-state index is 3.25. The van der Waals surface area contributed by atoms with Gasteiger partial charge >= 0.3 is 0 Å². The van der Waals surface area contributed by atoms with Crippen LogP contribution in [0.1, 0.15) is 11.6 Å². The van der Waals surface area contributed by atoms with Crippen LogP contribution in [0.15, 0.2) is 30.3 Å². The van der Waals surface area contributed by atoms with Gasteiger partial charge in [0.25, 0.3) is 0 Å². The summed E-state index contributed by atoms with van der Waals surface area (Å²) in [6.07, 6.45) is 0. The second-order valence-corrected chi connectivity index (χ2v) is 2.37. The lowest BCUT2D eigenvalue weighted by atomic mass is 10.2. The molecule has 1 fully saturated rings. The highest BCUT2D eigenvalue weighted by atomic mass is 15.1. The van der Waals surface area contributed by atoms with Crippen molar-refractivity contribution in [1.29, 1.82) is 0 Å². The molecule has 0 saturated carbocycles. The third kappa shape index (κ3) is 1.35. The Hall–Kier alpha value is -0.860. The van der Waals surface area contributed by atoms with Crippen molar-refractivity contribution in [2.24, 2.45) is 0 Å². The normalized spacial score (nSPS) is 21.4. The van der Waals surface area contributed by atoms with Gasteiger partial charge in [0.1, 0.15) is 0 Å². The Morgan fingerprint density at radius 1 is 1.20 bits per heavy atom. The Labute approximate surface area is 60.8 Å². The lowest BCUT2D eigenvalue weighted by Gasteiger charge is -1.91. The molecule has 4 N–H and O–H groups in total. The van der Waals surface area contributed by atoms with E-state index in [4.69, 9.17) is 0 Å². The zero-order valence-electron chi connectivity index (χ0n) is 5.88. The van der Waals surface area contributed by atoms with E-state index in [9.17, 15) is 0 Å². The highest BCUT2D eigenvalue weighted by Crippen LogP contribution is 2.19. The van der Waals surface area contributed by atoms with Crippen molar-refractivity contribution >= 4 is 0 Å². The molecule has 1 saturated heterocycles. The standard InChI is InChI=1S/C8H9N.H3N/c1-2-4-7(5-3-1)8-6-9-8;/h1-5,8-9H,6H2;1H3. The first-order valence-electron chi connectivity index (χ1n) is 3.25. The Morgan fingerprint density at radius 2 is 1.80 bits per heavy atom. The van der Waals surface area contributed by atoms with Crippen molar-refractivity contribution in [3.05, 3.63) is 35.9 Å². The van der Waals surface area contributed by atoms with Crippen LogP contribution in [0, 0.1) is 0 Å². The van der Waals surface area contributed by atoms with Crippen molar-refractivity contribution in [3.8, 4) is 0 Å². The van der Waals surface area contributed by atoms with Gasteiger partial charge < -0.3 is 11.5 Å². The first-order valence-corrected chi connectivity index (χ1v) is 3.25. The van der Waals surface area contributed by atoms with Gasteiger partial charge in [-0.1, -0.05) is 30.3 Å². The minimum absolute atomic E-state index is 0. The number of nitrogens with one attached hydrogen (secondary N) is 1. The molecule has 54 valence electrons. The molecule has 2 heteroatoms. The topological polar surface area (TPSA) is 56.9 Å². The van der Waals surface area contributed by atoms with Crippen molar-refractivity contribution in [1.82, 2.24) is 11.5 Å². The van der Waals surface area contributed by atoms with Crippen LogP contribution in [-0.4, -0.2) is 6.54 Å². The van der Waals surface area contributed by atoms with Gasteiger partial charge in [-0.15, -0.1) is 0 Å². The molecule has 0 aliphatic carbocycles. The van der Waals surface area contributed by atoms with E-state index in [1.54, 1.807) is 0 Å². The zero-order valence-corrected chi connectivity index (χ0v) is 5.88. The number of hydrogen-bond acceptors (Lipinski definition) is 2. The summed E-state index contributed by atoms with van der Waals surface area (Å²) in [7, 11) is 0. The molecule has 2 nitrogen and oxygen atoms in total. The molecule has 1 heterocycles. The smallest absolute Gasteiger partial charge is 0.0447 e. The average Bonchev–Trinajstić information content (AvgIpc) is 2.71. The second kappa shape index (κ2) is 2.82. The summed E-state index contributed by atoms with van der Waals surface area (Å²) in [5.41, 5.74) is 1.41. The van der Waals surface area contributed by atoms with Gasteiger partial charge in [-0.2, -0.15) is 0 Å². The van der Waals surface area contributed by atoms with Crippen LogP contribution < -0.4 is 11.5 Å². The number of hydrogen-bond donors (Lipinski definition) is 2. The molecule has 2 rings (SSSR count). The van der Waals surface area contributed by atoms with Crippen LogP contribution in [0.4, 0.5) is 0 Å². The summed E-state index contributed by atoms with van der Waals surface area (Å²) in [6, 6.07) is 11.2. The third-order valence-corrected chi connectivity index (χ3v) is 1.61. The molecule has 1 atom stereocenters. The van der Waals surface area contributed by atoms with E-state index in [0.29, 0.717) is 6.04 Å². The molecule has 0 bridgehead atoms. The zero-order chi connectivity index (χ0) is 6.10.